The topological polar surface area (TPSA) is 95.9 Å². The van der Waals surface area contributed by atoms with Crippen molar-refractivity contribution in [2.75, 3.05) is 31.6 Å². The summed E-state index contributed by atoms with van der Waals surface area (Å²) in [6.45, 7) is 1.98. The first-order valence-corrected chi connectivity index (χ1v) is 8.55. The van der Waals surface area contributed by atoms with Crippen LogP contribution in [-0.4, -0.2) is 54.1 Å². The lowest BCUT2D eigenvalue weighted by molar-refractivity contribution is -0.143. The maximum absolute atomic E-state index is 12.5. The number of amides is 2. The molecule has 7 nitrogen and oxygen atoms in total. The molecule has 0 spiro atoms. The molecule has 2 amide bonds. The summed E-state index contributed by atoms with van der Waals surface area (Å²) in [5.41, 5.74) is 1.19. The standard InChI is InChI=1S/C18H22N2O5/c21-16(14-7-10-25-11-14)19-15-3-1-12(2-4-15)17(22)20-8-5-13(6-9-20)18(23)24/h1-4,13-14H,5-11H2,(H,19,21)(H,23,24). The first-order chi connectivity index (χ1) is 12.0. The number of hydrogen-bond donors (Lipinski definition) is 2. The molecule has 0 aliphatic carbocycles. The molecule has 2 aliphatic heterocycles. The molecule has 0 bridgehead atoms. The third kappa shape index (κ3) is 4.17. The number of nitrogens with one attached hydrogen (secondary N) is 1. The number of likely N-dealkylation sites (tertiary alicyclic amines) is 1. The van der Waals surface area contributed by atoms with Crippen LogP contribution in [0.1, 0.15) is 29.6 Å². The van der Waals surface area contributed by atoms with Crippen molar-refractivity contribution in [3.63, 3.8) is 0 Å². The largest absolute Gasteiger partial charge is 0.481 e. The lowest BCUT2D eigenvalue weighted by Gasteiger charge is -2.30. The molecule has 1 unspecified atom stereocenters. The molecule has 2 N–H and O–H groups in total. The lowest BCUT2D eigenvalue weighted by atomic mass is 9.96. The number of carboxylic acids is 1. The minimum atomic E-state index is -0.792. The van der Waals surface area contributed by atoms with Gasteiger partial charge in [-0.15, -0.1) is 0 Å². The Balaban J connectivity index is 1.55. The molecule has 2 fully saturated rings. The van der Waals surface area contributed by atoms with Gasteiger partial charge in [0.15, 0.2) is 0 Å². The van der Waals surface area contributed by atoms with E-state index >= 15 is 0 Å². The number of carbonyl (C=O) groups is 3. The Morgan fingerprint density at radius 2 is 1.72 bits per heavy atom. The molecule has 134 valence electrons. The summed E-state index contributed by atoms with van der Waals surface area (Å²) in [5, 5.41) is 11.9. The fraction of sp³-hybridized carbons (Fsp3) is 0.500. The van der Waals surface area contributed by atoms with Gasteiger partial charge in [0.25, 0.3) is 5.91 Å². The molecular formula is C18H22N2O5. The van der Waals surface area contributed by atoms with Crippen LogP contribution < -0.4 is 5.32 Å². The van der Waals surface area contributed by atoms with Crippen LogP contribution in [0.5, 0.6) is 0 Å². The molecule has 0 aromatic heterocycles. The highest BCUT2D eigenvalue weighted by molar-refractivity contribution is 5.96. The van der Waals surface area contributed by atoms with E-state index in [-0.39, 0.29) is 23.7 Å². The number of benzene rings is 1. The predicted octanol–water partition coefficient (Wildman–Crippen LogP) is 1.60. The summed E-state index contributed by atoms with van der Waals surface area (Å²) in [4.78, 5) is 37.2. The van der Waals surface area contributed by atoms with E-state index < -0.39 is 5.97 Å². The molecular weight excluding hydrogens is 324 g/mol. The Bertz CT molecular complexity index is 644. The number of anilines is 1. The normalized spacial score (nSPS) is 21.1. The van der Waals surface area contributed by atoms with E-state index in [9.17, 15) is 14.4 Å². The van der Waals surface area contributed by atoms with Crippen molar-refractivity contribution in [1.29, 1.82) is 0 Å². The highest BCUT2D eigenvalue weighted by Gasteiger charge is 2.27. The summed E-state index contributed by atoms with van der Waals surface area (Å²) in [5.74, 6) is -1.43. The van der Waals surface area contributed by atoms with Gasteiger partial charge in [0, 0.05) is 30.9 Å². The summed E-state index contributed by atoms with van der Waals surface area (Å²) < 4.78 is 5.21. The predicted molar refractivity (Wildman–Crippen MR) is 90.3 cm³/mol. The minimum absolute atomic E-state index is 0.0627. The summed E-state index contributed by atoms with van der Waals surface area (Å²) in [6.07, 6.45) is 1.70. The highest BCUT2D eigenvalue weighted by atomic mass is 16.5. The van der Waals surface area contributed by atoms with E-state index in [2.05, 4.69) is 5.32 Å². The number of nitrogens with zero attached hydrogens (tertiary/aromatic N) is 1. The average Bonchev–Trinajstić information content (AvgIpc) is 3.17. The Morgan fingerprint density at radius 3 is 2.28 bits per heavy atom. The van der Waals surface area contributed by atoms with Gasteiger partial charge < -0.3 is 20.1 Å². The van der Waals surface area contributed by atoms with Gasteiger partial charge in [-0.3, -0.25) is 14.4 Å². The van der Waals surface area contributed by atoms with Crippen LogP contribution in [-0.2, 0) is 14.3 Å². The van der Waals surface area contributed by atoms with Gasteiger partial charge >= 0.3 is 5.97 Å². The van der Waals surface area contributed by atoms with Gasteiger partial charge in [0.1, 0.15) is 0 Å². The third-order valence-electron chi connectivity index (χ3n) is 4.83. The zero-order chi connectivity index (χ0) is 17.8. The van der Waals surface area contributed by atoms with E-state index in [1.54, 1.807) is 29.2 Å². The lowest BCUT2D eigenvalue weighted by Crippen LogP contribution is -2.40. The second-order valence-corrected chi connectivity index (χ2v) is 6.53. The van der Waals surface area contributed by atoms with Crippen molar-refractivity contribution in [1.82, 2.24) is 4.90 Å². The molecule has 25 heavy (non-hydrogen) atoms. The fourth-order valence-corrected chi connectivity index (χ4v) is 3.19. The summed E-state index contributed by atoms with van der Waals surface area (Å²) in [7, 11) is 0. The van der Waals surface area contributed by atoms with Crippen LogP contribution in [0.15, 0.2) is 24.3 Å². The monoisotopic (exact) mass is 346 g/mol. The molecule has 0 radical (unpaired) electrons. The fourth-order valence-electron chi connectivity index (χ4n) is 3.19. The van der Waals surface area contributed by atoms with Crippen LogP contribution in [0.25, 0.3) is 0 Å². The van der Waals surface area contributed by atoms with E-state index in [4.69, 9.17) is 9.84 Å². The second-order valence-electron chi connectivity index (χ2n) is 6.53. The van der Waals surface area contributed by atoms with Gasteiger partial charge in [0.05, 0.1) is 18.4 Å². The third-order valence-corrected chi connectivity index (χ3v) is 4.83. The number of ether oxygens (including phenoxy) is 1. The van der Waals surface area contributed by atoms with Crippen molar-refractivity contribution in [2.45, 2.75) is 19.3 Å². The van der Waals surface area contributed by atoms with Crippen molar-refractivity contribution >= 4 is 23.5 Å². The van der Waals surface area contributed by atoms with Gasteiger partial charge in [-0.05, 0) is 43.5 Å². The Morgan fingerprint density at radius 1 is 1.04 bits per heavy atom. The first-order valence-electron chi connectivity index (χ1n) is 8.55. The van der Waals surface area contributed by atoms with E-state index in [1.807, 2.05) is 0 Å². The summed E-state index contributed by atoms with van der Waals surface area (Å²) >= 11 is 0. The quantitative estimate of drug-likeness (QED) is 0.863. The molecule has 1 aromatic rings. The summed E-state index contributed by atoms with van der Waals surface area (Å²) in [6, 6.07) is 6.80. The van der Waals surface area contributed by atoms with Crippen molar-refractivity contribution in [2.24, 2.45) is 11.8 Å². The molecule has 2 aliphatic rings. The highest BCUT2D eigenvalue weighted by Crippen LogP contribution is 2.21. The van der Waals surface area contributed by atoms with Crippen LogP contribution in [0.2, 0.25) is 0 Å². The Kier molecular flexibility index (Phi) is 5.33. The molecule has 1 aromatic carbocycles. The van der Waals surface area contributed by atoms with Crippen molar-refractivity contribution < 1.29 is 24.2 Å². The van der Waals surface area contributed by atoms with Gasteiger partial charge in [-0.2, -0.15) is 0 Å². The van der Waals surface area contributed by atoms with Crippen LogP contribution >= 0.6 is 0 Å². The molecule has 0 saturated carbocycles. The number of aliphatic carboxylic acids is 1. The average molecular weight is 346 g/mol. The maximum Gasteiger partial charge on any atom is 0.306 e. The van der Waals surface area contributed by atoms with Gasteiger partial charge in [0.2, 0.25) is 5.91 Å². The second kappa shape index (κ2) is 7.65. The molecule has 3 rings (SSSR count). The van der Waals surface area contributed by atoms with Gasteiger partial charge in [-0.1, -0.05) is 0 Å². The van der Waals surface area contributed by atoms with E-state index in [1.165, 1.54) is 0 Å². The first kappa shape index (κ1) is 17.4. The molecule has 1 atom stereocenters. The minimum Gasteiger partial charge on any atom is -0.481 e. The van der Waals surface area contributed by atoms with Crippen LogP contribution in [0.4, 0.5) is 5.69 Å². The van der Waals surface area contributed by atoms with Gasteiger partial charge in [-0.25, -0.2) is 0 Å². The maximum atomic E-state index is 12.5. The van der Waals surface area contributed by atoms with Crippen LogP contribution in [0.3, 0.4) is 0 Å². The number of carbonyl (C=O) groups excluding carboxylic acids is 2. The van der Waals surface area contributed by atoms with Crippen molar-refractivity contribution in [3.05, 3.63) is 29.8 Å². The van der Waals surface area contributed by atoms with E-state index in [0.29, 0.717) is 50.4 Å². The zero-order valence-electron chi connectivity index (χ0n) is 13.9. The van der Waals surface area contributed by atoms with Crippen molar-refractivity contribution in [3.8, 4) is 0 Å². The van der Waals surface area contributed by atoms with E-state index in [0.717, 1.165) is 6.42 Å². The Hall–Kier alpha value is -2.41. The smallest absolute Gasteiger partial charge is 0.306 e. The SMILES string of the molecule is O=C(O)C1CCN(C(=O)c2ccc(NC(=O)C3CCOC3)cc2)CC1. The number of carboxylic acid groups (broad SMARTS) is 1. The Labute approximate surface area is 146 Å². The zero-order valence-corrected chi connectivity index (χ0v) is 13.9. The molecule has 7 heteroatoms. The molecule has 2 heterocycles. The number of piperidine rings is 1. The number of rotatable bonds is 4. The number of hydrogen-bond acceptors (Lipinski definition) is 4. The van der Waals surface area contributed by atoms with Crippen LogP contribution in [0, 0.1) is 11.8 Å². The molecule has 2 saturated heterocycles.